The number of aryl methyl sites for hydroxylation is 2. The van der Waals surface area contributed by atoms with Crippen LogP contribution in [0.1, 0.15) is 28.2 Å². The Morgan fingerprint density at radius 3 is 2.81 bits per heavy atom. The second kappa shape index (κ2) is 5.86. The number of nitrogens with one attached hydrogen (secondary N) is 1. The molecule has 2 rings (SSSR count). The lowest BCUT2D eigenvalue weighted by molar-refractivity contribution is -0.142. The fourth-order valence-corrected chi connectivity index (χ4v) is 2.25. The predicted molar refractivity (Wildman–Crippen MR) is 71.6 cm³/mol. The molecular weight excluding hydrogens is 276 g/mol. The number of piperazine rings is 1. The molecule has 2 amide bonds. The molecule has 0 radical (unpaired) electrons. The summed E-state index contributed by atoms with van der Waals surface area (Å²) in [5, 5.41) is 19.2. The number of carbonyl (C=O) groups excluding carboxylic acids is 2. The normalized spacial score (nSPS) is 18.3. The molecule has 0 aliphatic carbocycles. The van der Waals surface area contributed by atoms with Gasteiger partial charge in [-0.2, -0.15) is 10.2 Å². The number of hydrogen-bond donors (Lipinski definition) is 2. The fourth-order valence-electron chi connectivity index (χ4n) is 2.25. The summed E-state index contributed by atoms with van der Waals surface area (Å²) in [6.45, 7) is 3.93. The minimum Gasteiger partial charge on any atom is -0.481 e. The summed E-state index contributed by atoms with van der Waals surface area (Å²) >= 11 is 0. The molecule has 1 fully saturated rings. The summed E-state index contributed by atoms with van der Waals surface area (Å²) in [5.41, 5.74) is 1.37. The minimum absolute atomic E-state index is 0.267. The van der Waals surface area contributed by atoms with E-state index < -0.39 is 30.2 Å². The Morgan fingerprint density at radius 2 is 2.14 bits per heavy atom. The average molecular weight is 292 g/mol. The van der Waals surface area contributed by atoms with Gasteiger partial charge in [0.05, 0.1) is 23.4 Å². The largest absolute Gasteiger partial charge is 0.481 e. The van der Waals surface area contributed by atoms with Crippen molar-refractivity contribution >= 4 is 17.8 Å². The SMILES string of the molecule is Cc1cc(C(=O)N2CCNC(=O)C2CC(=O)O)c(C)nn1. The maximum Gasteiger partial charge on any atom is 0.305 e. The van der Waals surface area contributed by atoms with Gasteiger partial charge in [0.1, 0.15) is 6.04 Å². The monoisotopic (exact) mass is 292 g/mol. The van der Waals surface area contributed by atoms with Crippen molar-refractivity contribution in [2.75, 3.05) is 13.1 Å². The van der Waals surface area contributed by atoms with E-state index in [1.54, 1.807) is 19.9 Å². The summed E-state index contributed by atoms with van der Waals surface area (Å²) < 4.78 is 0. The van der Waals surface area contributed by atoms with Crippen molar-refractivity contribution in [3.63, 3.8) is 0 Å². The molecule has 0 spiro atoms. The van der Waals surface area contributed by atoms with Gasteiger partial charge in [0.2, 0.25) is 5.91 Å². The molecule has 0 aromatic carbocycles. The van der Waals surface area contributed by atoms with E-state index in [2.05, 4.69) is 15.5 Å². The summed E-state index contributed by atoms with van der Waals surface area (Å²) in [6, 6.07) is 0.589. The van der Waals surface area contributed by atoms with Crippen LogP contribution in [0.25, 0.3) is 0 Å². The van der Waals surface area contributed by atoms with Crippen LogP contribution >= 0.6 is 0 Å². The van der Waals surface area contributed by atoms with Crippen LogP contribution in [-0.2, 0) is 9.59 Å². The molecule has 0 saturated carbocycles. The average Bonchev–Trinajstić information content (AvgIpc) is 2.42. The first kappa shape index (κ1) is 14.9. The third-order valence-corrected chi connectivity index (χ3v) is 3.29. The lowest BCUT2D eigenvalue weighted by atomic mass is 10.1. The third kappa shape index (κ3) is 3.15. The Bertz CT molecular complexity index is 602. The van der Waals surface area contributed by atoms with Crippen molar-refractivity contribution in [3.05, 3.63) is 23.0 Å². The molecule has 1 atom stereocenters. The van der Waals surface area contributed by atoms with Gasteiger partial charge < -0.3 is 15.3 Å². The van der Waals surface area contributed by atoms with Crippen molar-refractivity contribution in [3.8, 4) is 0 Å². The van der Waals surface area contributed by atoms with Crippen LogP contribution in [0.2, 0.25) is 0 Å². The zero-order valence-electron chi connectivity index (χ0n) is 11.8. The van der Waals surface area contributed by atoms with E-state index in [0.717, 1.165) is 0 Å². The quantitative estimate of drug-likeness (QED) is 0.777. The number of nitrogens with zero attached hydrogens (tertiary/aromatic N) is 3. The molecule has 1 aromatic heterocycles. The van der Waals surface area contributed by atoms with Crippen LogP contribution < -0.4 is 5.32 Å². The Labute approximate surface area is 121 Å². The van der Waals surface area contributed by atoms with Crippen molar-refractivity contribution in [1.29, 1.82) is 0 Å². The molecule has 112 valence electrons. The second-order valence-electron chi connectivity index (χ2n) is 4.89. The van der Waals surface area contributed by atoms with E-state index in [0.29, 0.717) is 23.5 Å². The molecule has 1 saturated heterocycles. The van der Waals surface area contributed by atoms with Crippen LogP contribution in [0.4, 0.5) is 0 Å². The fraction of sp³-hybridized carbons (Fsp3) is 0.462. The van der Waals surface area contributed by atoms with Gasteiger partial charge in [0, 0.05) is 13.1 Å². The highest BCUT2D eigenvalue weighted by molar-refractivity contribution is 5.99. The highest BCUT2D eigenvalue weighted by Crippen LogP contribution is 2.16. The van der Waals surface area contributed by atoms with E-state index in [1.165, 1.54) is 4.90 Å². The highest BCUT2D eigenvalue weighted by atomic mass is 16.4. The summed E-state index contributed by atoms with van der Waals surface area (Å²) in [7, 11) is 0. The Morgan fingerprint density at radius 1 is 1.43 bits per heavy atom. The zero-order chi connectivity index (χ0) is 15.6. The molecule has 2 heterocycles. The lowest BCUT2D eigenvalue weighted by Gasteiger charge is -2.34. The van der Waals surface area contributed by atoms with Gasteiger partial charge in [0.25, 0.3) is 5.91 Å². The molecule has 1 aliphatic rings. The molecule has 8 nitrogen and oxygen atoms in total. The predicted octanol–water partition coefficient (Wildman–Crippen LogP) is -0.491. The molecule has 1 aromatic rings. The van der Waals surface area contributed by atoms with E-state index in [1.807, 2.05) is 0 Å². The Hall–Kier alpha value is -2.51. The van der Waals surface area contributed by atoms with Crippen LogP contribution in [-0.4, -0.2) is 57.1 Å². The Kier molecular flexibility index (Phi) is 4.15. The van der Waals surface area contributed by atoms with E-state index in [4.69, 9.17) is 5.11 Å². The van der Waals surface area contributed by atoms with E-state index in [9.17, 15) is 14.4 Å². The van der Waals surface area contributed by atoms with Crippen molar-refractivity contribution in [2.45, 2.75) is 26.3 Å². The van der Waals surface area contributed by atoms with Crippen LogP contribution in [0.5, 0.6) is 0 Å². The first-order valence-corrected chi connectivity index (χ1v) is 6.51. The number of carboxylic acids is 1. The molecule has 2 N–H and O–H groups in total. The van der Waals surface area contributed by atoms with Crippen molar-refractivity contribution in [1.82, 2.24) is 20.4 Å². The first-order valence-electron chi connectivity index (χ1n) is 6.51. The van der Waals surface area contributed by atoms with Crippen LogP contribution in [0.15, 0.2) is 6.07 Å². The molecule has 21 heavy (non-hydrogen) atoms. The van der Waals surface area contributed by atoms with Crippen LogP contribution in [0, 0.1) is 13.8 Å². The number of aromatic nitrogens is 2. The molecule has 1 unspecified atom stereocenters. The number of hydrogen-bond acceptors (Lipinski definition) is 5. The van der Waals surface area contributed by atoms with Gasteiger partial charge in [-0.1, -0.05) is 0 Å². The topological polar surface area (TPSA) is 112 Å². The van der Waals surface area contributed by atoms with Crippen molar-refractivity contribution < 1.29 is 19.5 Å². The van der Waals surface area contributed by atoms with E-state index in [-0.39, 0.29) is 6.54 Å². The standard InChI is InChI=1S/C13H16N4O4/c1-7-5-9(8(2)16-15-7)13(21)17-4-3-14-12(20)10(17)6-11(18)19/h5,10H,3-4,6H2,1-2H3,(H,14,20)(H,18,19). The van der Waals surface area contributed by atoms with Crippen molar-refractivity contribution in [2.24, 2.45) is 0 Å². The number of amides is 2. The van der Waals surface area contributed by atoms with Crippen LogP contribution in [0.3, 0.4) is 0 Å². The molecule has 1 aliphatic heterocycles. The van der Waals surface area contributed by atoms with Gasteiger partial charge in [-0.3, -0.25) is 14.4 Å². The number of aliphatic carboxylic acids is 1. The minimum atomic E-state index is -1.13. The number of rotatable bonds is 3. The number of carbonyl (C=O) groups is 3. The van der Waals surface area contributed by atoms with Gasteiger partial charge in [-0.05, 0) is 19.9 Å². The summed E-state index contributed by atoms with van der Waals surface area (Å²) in [6.07, 6.45) is -0.423. The summed E-state index contributed by atoms with van der Waals surface area (Å²) in [5.74, 6) is -1.98. The van der Waals surface area contributed by atoms with Gasteiger partial charge >= 0.3 is 5.97 Å². The van der Waals surface area contributed by atoms with Gasteiger partial charge in [-0.15, -0.1) is 0 Å². The van der Waals surface area contributed by atoms with E-state index >= 15 is 0 Å². The molecule has 8 heteroatoms. The number of carboxylic acid groups (broad SMARTS) is 1. The maximum absolute atomic E-state index is 12.6. The molecular formula is C13H16N4O4. The smallest absolute Gasteiger partial charge is 0.305 e. The second-order valence-corrected chi connectivity index (χ2v) is 4.89. The van der Waals surface area contributed by atoms with Gasteiger partial charge in [-0.25, -0.2) is 0 Å². The third-order valence-electron chi connectivity index (χ3n) is 3.29. The zero-order valence-corrected chi connectivity index (χ0v) is 11.8. The molecule has 0 bridgehead atoms. The first-order chi connectivity index (χ1) is 9.90. The maximum atomic E-state index is 12.6. The summed E-state index contributed by atoms with van der Waals surface area (Å²) in [4.78, 5) is 36.6. The Balaban J connectivity index is 2.32. The van der Waals surface area contributed by atoms with Gasteiger partial charge in [0.15, 0.2) is 0 Å². The lowest BCUT2D eigenvalue weighted by Crippen LogP contribution is -2.57. The highest BCUT2D eigenvalue weighted by Gasteiger charge is 2.35.